The minimum absolute atomic E-state index is 0.190. The summed E-state index contributed by atoms with van der Waals surface area (Å²) in [7, 11) is 4.10. The molecule has 5 nitrogen and oxygen atoms in total. The largest absolute Gasteiger partial charge is 0.489 e. The van der Waals surface area contributed by atoms with E-state index >= 15 is 0 Å². The first-order valence-corrected chi connectivity index (χ1v) is 11.6. The normalized spacial score (nSPS) is 27.6. The van der Waals surface area contributed by atoms with Crippen LogP contribution in [0.15, 0.2) is 42.5 Å². The number of carboxylic acids is 1. The molecule has 1 aliphatic heterocycles. The lowest BCUT2D eigenvalue weighted by molar-refractivity contribution is -0.139. The van der Waals surface area contributed by atoms with Gasteiger partial charge in [0.1, 0.15) is 29.5 Å². The maximum atomic E-state index is 14.3. The summed E-state index contributed by atoms with van der Waals surface area (Å²) in [4.78, 5) is 13.3. The number of nitrogens with one attached hydrogen (secondary N) is 1. The number of carboxylic acid groups (broad SMARTS) is 1. The Hall–Kier alpha value is -2.51. The van der Waals surface area contributed by atoms with Crippen LogP contribution >= 0.6 is 0 Å². The van der Waals surface area contributed by atoms with Crippen LogP contribution in [0.5, 0.6) is 5.75 Å². The summed E-state index contributed by atoms with van der Waals surface area (Å²) in [6.07, 6.45) is 4.58. The zero-order chi connectivity index (χ0) is 23.6. The standard InChI is InChI=1S/C26H32F2N2O3/c1-30(2)26(19-4-3-5-20(27)13-19)8-6-17(7-9-26)10-18-11-21(28)14-22(12-18)33-23-15-24(25(31)32)29-16-23/h3-5,11-14,17,23-24,29H,6-10,15-16H2,1-2H3,(H,31,32)/t17-,23-,24-,26-/m0/s1. The molecule has 1 aliphatic carbocycles. The Kier molecular flexibility index (Phi) is 7.00. The van der Waals surface area contributed by atoms with Gasteiger partial charge in [-0.2, -0.15) is 0 Å². The van der Waals surface area contributed by atoms with Gasteiger partial charge in [0, 0.05) is 24.6 Å². The van der Waals surface area contributed by atoms with E-state index in [2.05, 4.69) is 10.2 Å². The van der Waals surface area contributed by atoms with Gasteiger partial charge in [-0.15, -0.1) is 0 Å². The van der Waals surface area contributed by atoms with Crippen molar-refractivity contribution in [2.75, 3.05) is 20.6 Å². The molecule has 0 amide bonds. The van der Waals surface area contributed by atoms with E-state index in [0.29, 0.717) is 24.6 Å². The fraction of sp³-hybridized carbons (Fsp3) is 0.500. The van der Waals surface area contributed by atoms with E-state index in [0.717, 1.165) is 43.2 Å². The van der Waals surface area contributed by atoms with Gasteiger partial charge in [-0.05, 0) is 87.5 Å². The molecule has 0 bridgehead atoms. The highest BCUT2D eigenvalue weighted by Crippen LogP contribution is 2.44. The van der Waals surface area contributed by atoms with Gasteiger partial charge >= 0.3 is 5.97 Å². The van der Waals surface area contributed by atoms with E-state index in [1.807, 2.05) is 26.2 Å². The van der Waals surface area contributed by atoms with Crippen LogP contribution in [-0.4, -0.2) is 48.8 Å². The van der Waals surface area contributed by atoms with Crippen LogP contribution in [0.4, 0.5) is 8.78 Å². The van der Waals surface area contributed by atoms with Gasteiger partial charge in [0.15, 0.2) is 0 Å². The maximum absolute atomic E-state index is 14.3. The Morgan fingerprint density at radius 3 is 2.55 bits per heavy atom. The first kappa shape index (κ1) is 23.6. The molecule has 0 aromatic heterocycles. The van der Waals surface area contributed by atoms with Crippen molar-refractivity contribution in [1.29, 1.82) is 0 Å². The highest BCUT2D eigenvalue weighted by atomic mass is 19.1. The van der Waals surface area contributed by atoms with Gasteiger partial charge in [-0.1, -0.05) is 12.1 Å². The third-order valence-corrected chi connectivity index (χ3v) is 7.30. The molecule has 33 heavy (non-hydrogen) atoms. The van der Waals surface area contributed by atoms with Crippen molar-refractivity contribution >= 4 is 5.97 Å². The molecule has 2 fully saturated rings. The van der Waals surface area contributed by atoms with Crippen molar-refractivity contribution in [2.24, 2.45) is 5.92 Å². The lowest BCUT2D eigenvalue weighted by Gasteiger charge is -2.45. The Labute approximate surface area is 193 Å². The number of rotatable bonds is 7. The summed E-state index contributed by atoms with van der Waals surface area (Å²) in [5.74, 6) is -0.603. The fourth-order valence-electron chi connectivity index (χ4n) is 5.44. The highest BCUT2D eigenvalue weighted by molar-refractivity contribution is 5.73. The van der Waals surface area contributed by atoms with Gasteiger partial charge in [-0.25, -0.2) is 8.78 Å². The van der Waals surface area contributed by atoms with Crippen molar-refractivity contribution in [3.63, 3.8) is 0 Å². The van der Waals surface area contributed by atoms with Crippen LogP contribution < -0.4 is 10.1 Å². The number of hydrogen-bond donors (Lipinski definition) is 2. The lowest BCUT2D eigenvalue weighted by atomic mass is 9.70. The van der Waals surface area contributed by atoms with Gasteiger partial charge in [0.05, 0.1) is 0 Å². The van der Waals surface area contributed by atoms with Crippen molar-refractivity contribution in [3.05, 3.63) is 65.2 Å². The highest BCUT2D eigenvalue weighted by Gasteiger charge is 2.39. The van der Waals surface area contributed by atoms with Gasteiger partial charge in [-0.3, -0.25) is 9.69 Å². The molecule has 0 spiro atoms. The van der Waals surface area contributed by atoms with Crippen molar-refractivity contribution in [3.8, 4) is 5.75 Å². The maximum Gasteiger partial charge on any atom is 0.320 e. The molecule has 7 heteroatoms. The SMILES string of the molecule is CN(C)[C@]1(c2cccc(F)c2)CC[C@@H](Cc2cc(F)cc(O[C@@H]3CN[C@H](C(=O)O)C3)c2)CC1. The molecule has 1 saturated carbocycles. The van der Waals surface area contributed by atoms with Crippen LogP contribution in [-0.2, 0) is 16.8 Å². The molecule has 2 atom stereocenters. The molecule has 2 aliphatic rings. The van der Waals surface area contributed by atoms with Crippen LogP contribution in [0.2, 0.25) is 0 Å². The number of ether oxygens (including phenoxy) is 1. The topological polar surface area (TPSA) is 61.8 Å². The van der Waals surface area contributed by atoms with Gasteiger partial charge in [0.25, 0.3) is 0 Å². The zero-order valence-corrected chi connectivity index (χ0v) is 19.2. The number of benzene rings is 2. The Bertz CT molecular complexity index is 989. The second-order valence-corrected chi connectivity index (χ2v) is 9.65. The Balaban J connectivity index is 1.40. The smallest absolute Gasteiger partial charge is 0.320 e. The molecule has 0 radical (unpaired) electrons. The first-order valence-electron chi connectivity index (χ1n) is 11.6. The van der Waals surface area contributed by atoms with Crippen LogP contribution in [0.25, 0.3) is 0 Å². The summed E-state index contributed by atoms with van der Waals surface area (Å²) in [5, 5.41) is 12.0. The molecule has 2 aromatic rings. The van der Waals surface area contributed by atoms with Gasteiger partial charge in [0.2, 0.25) is 0 Å². The summed E-state index contributed by atoms with van der Waals surface area (Å²) < 4.78 is 34.1. The molecule has 1 heterocycles. The average molecular weight is 459 g/mol. The van der Waals surface area contributed by atoms with Crippen molar-refractivity contribution < 1.29 is 23.4 Å². The van der Waals surface area contributed by atoms with Crippen LogP contribution in [0.3, 0.4) is 0 Å². The Morgan fingerprint density at radius 2 is 1.91 bits per heavy atom. The molecule has 1 saturated heterocycles. The second-order valence-electron chi connectivity index (χ2n) is 9.65. The zero-order valence-electron chi connectivity index (χ0n) is 19.2. The van der Waals surface area contributed by atoms with E-state index < -0.39 is 12.0 Å². The summed E-state index contributed by atoms with van der Waals surface area (Å²) in [5.41, 5.74) is 1.71. The first-order chi connectivity index (χ1) is 15.7. The molecular formula is C26H32F2N2O3. The molecule has 178 valence electrons. The number of hydrogen-bond acceptors (Lipinski definition) is 4. The summed E-state index contributed by atoms with van der Waals surface area (Å²) in [6, 6.07) is 11.1. The summed E-state index contributed by atoms with van der Waals surface area (Å²) in [6.45, 7) is 0.429. The molecule has 2 aromatic carbocycles. The molecule has 2 N–H and O–H groups in total. The third kappa shape index (κ3) is 5.36. The predicted molar refractivity (Wildman–Crippen MR) is 122 cm³/mol. The number of nitrogens with zero attached hydrogens (tertiary/aromatic N) is 1. The molecule has 0 unspecified atom stereocenters. The quantitative estimate of drug-likeness (QED) is 0.646. The average Bonchev–Trinajstić information content (AvgIpc) is 3.22. The van der Waals surface area contributed by atoms with Crippen LogP contribution in [0.1, 0.15) is 43.2 Å². The second kappa shape index (κ2) is 9.77. The molecular weight excluding hydrogens is 426 g/mol. The lowest BCUT2D eigenvalue weighted by Crippen LogP contribution is -2.44. The third-order valence-electron chi connectivity index (χ3n) is 7.30. The van der Waals surface area contributed by atoms with E-state index in [1.54, 1.807) is 18.2 Å². The predicted octanol–water partition coefficient (Wildman–Crippen LogP) is 4.35. The summed E-state index contributed by atoms with van der Waals surface area (Å²) >= 11 is 0. The van der Waals surface area contributed by atoms with E-state index in [4.69, 9.17) is 9.84 Å². The van der Waals surface area contributed by atoms with E-state index in [9.17, 15) is 13.6 Å². The van der Waals surface area contributed by atoms with E-state index in [1.165, 1.54) is 12.1 Å². The number of halogens is 2. The van der Waals surface area contributed by atoms with Crippen molar-refractivity contribution in [1.82, 2.24) is 10.2 Å². The van der Waals surface area contributed by atoms with Crippen LogP contribution in [0, 0.1) is 17.6 Å². The van der Waals surface area contributed by atoms with E-state index in [-0.39, 0.29) is 23.3 Å². The van der Waals surface area contributed by atoms with Crippen molar-refractivity contribution in [2.45, 2.75) is 56.2 Å². The number of aliphatic carboxylic acids is 1. The minimum atomic E-state index is -0.898. The van der Waals surface area contributed by atoms with Gasteiger partial charge < -0.3 is 15.2 Å². The monoisotopic (exact) mass is 458 g/mol. The fourth-order valence-corrected chi connectivity index (χ4v) is 5.44. The Morgan fingerprint density at radius 1 is 1.15 bits per heavy atom. The number of carbonyl (C=O) groups is 1. The molecule has 4 rings (SSSR count). The minimum Gasteiger partial charge on any atom is -0.489 e.